The summed E-state index contributed by atoms with van der Waals surface area (Å²) in [6, 6.07) is 25.1. The van der Waals surface area contributed by atoms with Gasteiger partial charge >= 0.3 is 0 Å². The molecule has 6 heteroatoms. The molecule has 3 aromatic carbocycles. The van der Waals surface area contributed by atoms with Crippen molar-refractivity contribution in [2.45, 2.75) is 13.0 Å². The number of carbonyl (C=O) groups excluding carboxylic acids is 1. The lowest BCUT2D eigenvalue weighted by Crippen LogP contribution is -2.22. The van der Waals surface area contributed by atoms with E-state index in [1.54, 1.807) is 29.1 Å². The summed E-state index contributed by atoms with van der Waals surface area (Å²) in [5, 5.41) is 7.21. The van der Waals surface area contributed by atoms with Crippen LogP contribution < -0.4 is 5.32 Å². The summed E-state index contributed by atoms with van der Waals surface area (Å²) in [4.78, 5) is 17.2. The second-order valence-corrected chi connectivity index (χ2v) is 7.26. The molecule has 0 spiro atoms. The normalized spacial score (nSPS) is 11.0. The van der Waals surface area contributed by atoms with Crippen molar-refractivity contribution in [3.8, 4) is 5.69 Å². The van der Waals surface area contributed by atoms with Crippen LogP contribution in [-0.4, -0.2) is 20.7 Å². The molecule has 0 aliphatic carbocycles. The number of hydrogen-bond donors (Lipinski definition) is 1. The van der Waals surface area contributed by atoms with Crippen molar-refractivity contribution < 1.29 is 9.21 Å². The average Bonchev–Trinajstić information content (AvgIpc) is 3.47. The smallest absolute Gasteiger partial charge is 0.251 e. The lowest BCUT2D eigenvalue weighted by Gasteiger charge is -2.07. The minimum atomic E-state index is -0.154. The highest BCUT2D eigenvalue weighted by Crippen LogP contribution is 2.19. The first-order chi connectivity index (χ1) is 15.2. The Bertz CT molecular complexity index is 1320. The molecule has 152 valence electrons. The van der Waals surface area contributed by atoms with E-state index >= 15 is 0 Å². The van der Waals surface area contributed by atoms with E-state index in [2.05, 4.69) is 15.4 Å². The van der Waals surface area contributed by atoms with E-state index in [4.69, 9.17) is 4.42 Å². The Morgan fingerprint density at radius 3 is 2.65 bits per heavy atom. The molecule has 31 heavy (non-hydrogen) atoms. The zero-order valence-corrected chi connectivity index (χ0v) is 16.7. The molecular formula is C25H20N4O2. The van der Waals surface area contributed by atoms with Crippen molar-refractivity contribution in [2.24, 2.45) is 0 Å². The number of rotatable bonds is 6. The first kappa shape index (κ1) is 18.8. The maximum absolute atomic E-state index is 12.7. The molecule has 5 aromatic rings. The van der Waals surface area contributed by atoms with Gasteiger partial charge in [0.15, 0.2) is 11.5 Å². The van der Waals surface area contributed by atoms with E-state index in [-0.39, 0.29) is 5.91 Å². The number of hydrogen-bond acceptors (Lipinski definition) is 4. The lowest BCUT2D eigenvalue weighted by molar-refractivity contribution is 0.0951. The van der Waals surface area contributed by atoms with E-state index in [1.165, 1.54) is 0 Å². The van der Waals surface area contributed by atoms with Gasteiger partial charge in [-0.2, -0.15) is 5.10 Å². The maximum atomic E-state index is 12.7. The molecule has 0 saturated carbocycles. The Labute approximate surface area is 179 Å². The second kappa shape index (κ2) is 8.28. The van der Waals surface area contributed by atoms with Crippen LogP contribution in [-0.2, 0) is 13.0 Å². The van der Waals surface area contributed by atoms with E-state index in [0.29, 0.717) is 35.5 Å². The number of aromatic nitrogens is 3. The van der Waals surface area contributed by atoms with Crippen molar-refractivity contribution in [1.82, 2.24) is 20.1 Å². The number of benzene rings is 3. The van der Waals surface area contributed by atoms with Crippen molar-refractivity contribution in [3.05, 3.63) is 114 Å². The summed E-state index contributed by atoms with van der Waals surface area (Å²) in [6.07, 6.45) is 4.24. The summed E-state index contributed by atoms with van der Waals surface area (Å²) in [7, 11) is 0. The lowest BCUT2D eigenvalue weighted by atomic mass is 10.1. The predicted octanol–water partition coefficient (Wildman–Crippen LogP) is 4.53. The molecule has 0 unspecified atom stereocenters. The van der Waals surface area contributed by atoms with Crippen LogP contribution in [0, 0.1) is 0 Å². The van der Waals surface area contributed by atoms with Gasteiger partial charge in [-0.3, -0.25) is 4.79 Å². The fourth-order valence-corrected chi connectivity index (χ4v) is 3.48. The average molecular weight is 408 g/mol. The Morgan fingerprint density at radius 2 is 1.81 bits per heavy atom. The molecule has 0 aliphatic rings. The molecule has 2 heterocycles. The quantitative estimate of drug-likeness (QED) is 0.448. The molecule has 0 saturated heterocycles. The summed E-state index contributed by atoms with van der Waals surface area (Å²) in [5.74, 6) is 0.480. The molecule has 0 atom stereocenters. The molecule has 0 bridgehead atoms. The first-order valence-electron chi connectivity index (χ1n) is 10.1. The zero-order valence-electron chi connectivity index (χ0n) is 16.7. The summed E-state index contributed by atoms with van der Waals surface area (Å²) in [6.45, 7) is 0.421. The number of oxazole rings is 1. The van der Waals surface area contributed by atoms with E-state index in [0.717, 1.165) is 16.8 Å². The Hall–Kier alpha value is -4.19. The Kier molecular flexibility index (Phi) is 5.02. The van der Waals surface area contributed by atoms with Crippen LogP contribution in [0.3, 0.4) is 0 Å². The highest BCUT2D eigenvalue weighted by atomic mass is 16.3. The van der Waals surface area contributed by atoms with E-state index in [1.807, 2.05) is 66.9 Å². The molecule has 0 radical (unpaired) electrons. The third kappa shape index (κ3) is 4.23. The van der Waals surface area contributed by atoms with Gasteiger partial charge in [-0.1, -0.05) is 42.5 Å². The second-order valence-electron chi connectivity index (χ2n) is 7.26. The van der Waals surface area contributed by atoms with Gasteiger partial charge in [0.2, 0.25) is 0 Å². The van der Waals surface area contributed by atoms with Crippen LogP contribution in [0.2, 0.25) is 0 Å². The van der Waals surface area contributed by atoms with Gasteiger partial charge in [0.25, 0.3) is 5.91 Å². The van der Waals surface area contributed by atoms with Crippen molar-refractivity contribution in [3.63, 3.8) is 0 Å². The van der Waals surface area contributed by atoms with Crippen LogP contribution in [0.1, 0.15) is 27.4 Å². The molecule has 6 nitrogen and oxygen atoms in total. The highest BCUT2D eigenvalue weighted by Gasteiger charge is 2.11. The fraction of sp³-hybridized carbons (Fsp3) is 0.0800. The predicted molar refractivity (Wildman–Crippen MR) is 118 cm³/mol. The molecular weight excluding hydrogens is 388 g/mol. The van der Waals surface area contributed by atoms with Crippen LogP contribution in [0.4, 0.5) is 0 Å². The van der Waals surface area contributed by atoms with Gasteiger partial charge in [0.1, 0.15) is 5.52 Å². The summed E-state index contributed by atoms with van der Waals surface area (Å²) < 4.78 is 7.62. The van der Waals surface area contributed by atoms with Crippen LogP contribution >= 0.6 is 0 Å². The molecule has 5 rings (SSSR count). The van der Waals surface area contributed by atoms with E-state index in [9.17, 15) is 4.79 Å². The van der Waals surface area contributed by atoms with Crippen LogP contribution in [0.5, 0.6) is 0 Å². The summed E-state index contributed by atoms with van der Waals surface area (Å²) in [5.41, 5.74) is 4.98. The van der Waals surface area contributed by atoms with Crippen molar-refractivity contribution in [1.29, 1.82) is 0 Å². The highest BCUT2D eigenvalue weighted by molar-refractivity contribution is 5.97. The van der Waals surface area contributed by atoms with Crippen molar-refractivity contribution >= 4 is 17.0 Å². The van der Waals surface area contributed by atoms with Gasteiger partial charge in [-0.15, -0.1) is 0 Å². The minimum absolute atomic E-state index is 0.154. The molecule has 2 aromatic heterocycles. The van der Waals surface area contributed by atoms with Gasteiger partial charge in [0, 0.05) is 30.9 Å². The molecule has 1 amide bonds. The van der Waals surface area contributed by atoms with Gasteiger partial charge in [-0.05, 0) is 47.5 Å². The van der Waals surface area contributed by atoms with Crippen LogP contribution in [0.25, 0.3) is 16.8 Å². The fourth-order valence-electron chi connectivity index (χ4n) is 3.48. The number of carbonyl (C=O) groups is 1. The van der Waals surface area contributed by atoms with E-state index < -0.39 is 0 Å². The van der Waals surface area contributed by atoms with Gasteiger partial charge in [0.05, 0.1) is 5.69 Å². The topological polar surface area (TPSA) is 73.0 Å². The number of amides is 1. The van der Waals surface area contributed by atoms with Gasteiger partial charge < -0.3 is 9.73 Å². The SMILES string of the molecule is O=C(NCc1cccc(-n2cccn2)c1)c1ccc2oc(Cc3ccccc3)nc2c1. The maximum Gasteiger partial charge on any atom is 0.251 e. The van der Waals surface area contributed by atoms with Crippen molar-refractivity contribution in [2.75, 3.05) is 0 Å². The number of nitrogens with one attached hydrogen (secondary N) is 1. The zero-order chi connectivity index (χ0) is 21.0. The monoisotopic (exact) mass is 408 g/mol. The minimum Gasteiger partial charge on any atom is -0.440 e. The standard InChI is InChI=1S/C25H20N4O2/c30-25(26-17-19-8-4-9-21(14-19)29-13-5-12-27-29)20-10-11-23-22(16-20)28-24(31-23)15-18-6-2-1-3-7-18/h1-14,16H,15,17H2,(H,26,30). The number of fused-ring (bicyclic) bond motifs is 1. The van der Waals surface area contributed by atoms with Gasteiger partial charge in [-0.25, -0.2) is 9.67 Å². The molecule has 0 aliphatic heterocycles. The number of nitrogens with zero attached hydrogens (tertiary/aromatic N) is 3. The van der Waals surface area contributed by atoms with Crippen LogP contribution in [0.15, 0.2) is 95.7 Å². The Morgan fingerprint density at radius 1 is 0.935 bits per heavy atom. The Balaban J connectivity index is 1.28. The molecule has 1 N–H and O–H groups in total. The largest absolute Gasteiger partial charge is 0.440 e. The summed E-state index contributed by atoms with van der Waals surface area (Å²) >= 11 is 0. The molecule has 0 fully saturated rings. The third-order valence-corrected chi connectivity index (χ3v) is 5.02. The first-order valence-corrected chi connectivity index (χ1v) is 10.1. The third-order valence-electron chi connectivity index (χ3n) is 5.02.